The minimum atomic E-state index is -0.0756. The van der Waals surface area contributed by atoms with Crippen LogP contribution < -0.4 is 0 Å². The lowest BCUT2D eigenvalue weighted by atomic mass is 10.6. The van der Waals surface area contributed by atoms with E-state index in [1.165, 1.54) is 6.42 Å². The predicted octanol–water partition coefficient (Wildman–Crippen LogP) is 3.73. The molecule has 0 unspecified atom stereocenters. The van der Waals surface area contributed by atoms with Gasteiger partial charge in [0.25, 0.3) is 0 Å². The molecule has 0 aliphatic rings. The summed E-state index contributed by atoms with van der Waals surface area (Å²) in [6.45, 7) is 6.35. The Bertz CT molecular complexity index is 17.0. The van der Waals surface area contributed by atoms with Crippen molar-refractivity contribution in [1.82, 2.24) is 0 Å². The fourth-order valence-electron chi connectivity index (χ4n) is 0. The van der Waals surface area contributed by atoms with Crippen molar-refractivity contribution in [3.63, 3.8) is 0 Å². The van der Waals surface area contributed by atoms with Crippen LogP contribution in [0.15, 0.2) is 0 Å². The maximum atomic E-state index is 4.68. The zero-order valence-electron chi connectivity index (χ0n) is 5.82. The maximum Gasteiger partial charge on any atom is 0.157 e. The van der Waals surface area contributed by atoms with Gasteiger partial charge >= 0.3 is 0 Å². The van der Waals surface area contributed by atoms with Gasteiger partial charge in [0.05, 0.1) is 0 Å². The van der Waals surface area contributed by atoms with Gasteiger partial charge in [0.1, 0.15) is 0 Å². The molecular formula is C9H32OSi. The van der Waals surface area contributed by atoms with Crippen LogP contribution in [0.4, 0.5) is 0 Å². The smallest absolute Gasteiger partial charge is 0.157 e. The zero-order valence-corrected chi connectivity index (χ0v) is 7.24. The standard InChI is InChI=1S/C3H8.C2H8OSi.4CH4/c1-3-2;1-3-4-2;;;;/h3H2,1-2H3;4H2,1-2H3;4*1H4. The Morgan fingerprint density at radius 3 is 1.09 bits per heavy atom. The van der Waals surface area contributed by atoms with Crippen LogP contribution in [-0.2, 0) is 4.43 Å². The van der Waals surface area contributed by atoms with E-state index in [1.54, 1.807) is 7.11 Å². The lowest BCUT2D eigenvalue weighted by Crippen LogP contribution is -1.79. The highest BCUT2D eigenvalue weighted by Gasteiger charge is 1.55. The third-order valence-electron chi connectivity index (χ3n) is 0.289. The monoisotopic (exact) mass is 184 g/mol. The van der Waals surface area contributed by atoms with Crippen LogP contribution in [-0.4, -0.2) is 16.9 Å². The molecule has 0 aliphatic heterocycles. The Morgan fingerprint density at radius 1 is 1.00 bits per heavy atom. The van der Waals surface area contributed by atoms with Gasteiger partial charge in [-0.15, -0.1) is 0 Å². The molecule has 0 radical (unpaired) electrons. The number of hydrogen-bond acceptors (Lipinski definition) is 1. The van der Waals surface area contributed by atoms with Gasteiger partial charge in [0, 0.05) is 7.11 Å². The van der Waals surface area contributed by atoms with Gasteiger partial charge in [-0.05, 0) is 0 Å². The summed E-state index contributed by atoms with van der Waals surface area (Å²) in [5.74, 6) is 0. The minimum Gasteiger partial charge on any atom is -0.427 e. The molecule has 0 spiro atoms. The Morgan fingerprint density at radius 2 is 1.09 bits per heavy atom. The van der Waals surface area contributed by atoms with Crippen LogP contribution >= 0.6 is 0 Å². The molecule has 0 heterocycles. The average Bonchev–Trinajstić information content (AvgIpc) is 1.69. The Balaban J connectivity index is -0.00000000848. The van der Waals surface area contributed by atoms with Crippen LogP contribution in [0.2, 0.25) is 6.55 Å². The molecule has 0 atom stereocenters. The summed E-state index contributed by atoms with van der Waals surface area (Å²) < 4.78 is 4.68. The molecule has 0 aromatic rings. The molecule has 0 bridgehead atoms. The highest BCUT2D eigenvalue weighted by molar-refractivity contribution is 6.24. The molecular weight excluding hydrogens is 152 g/mol. The van der Waals surface area contributed by atoms with Crippen molar-refractivity contribution >= 4 is 9.76 Å². The fourth-order valence-corrected chi connectivity index (χ4v) is 0. The third-order valence-corrected chi connectivity index (χ3v) is 0.866. The van der Waals surface area contributed by atoms with Gasteiger partial charge in [-0.1, -0.05) is 56.5 Å². The zero-order chi connectivity index (χ0) is 6.12. The van der Waals surface area contributed by atoms with Crippen LogP contribution in [0.3, 0.4) is 0 Å². The predicted molar refractivity (Wildman–Crippen MR) is 64.3 cm³/mol. The summed E-state index contributed by atoms with van der Waals surface area (Å²) in [5.41, 5.74) is 0. The second kappa shape index (κ2) is 84.9. The second-order valence-electron chi connectivity index (χ2n) is 1.28. The number of hydrogen-bond donors (Lipinski definition) is 0. The lowest BCUT2D eigenvalue weighted by Gasteiger charge is -1.75. The van der Waals surface area contributed by atoms with Crippen molar-refractivity contribution in [3.8, 4) is 0 Å². The summed E-state index contributed by atoms with van der Waals surface area (Å²) in [6, 6.07) is 0. The van der Waals surface area contributed by atoms with Crippen LogP contribution in [0.5, 0.6) is 0 Å². The van der Waals surface area contributed by atoms with Crippen molar-refractivity contribution < 1.29 is 4.43 Å². The summed E-state index contributed by atoms with van der Waals surface area (Å²) in [6.07, 6.45) is 1.25. The molecule has 0 fully saturated rings. The van der Waals surface area contributed by atoms with E-state index in [1.807, 2.05) is 0 Å². The van der Waals surface area contributed by atoms with E-state index in [9.17, 15) is 0 Å². The molecule has 0 N–H and O–H groups in total. The van der Waals surface area contributed by atoms with Crippen molar-refractivity contribution in [2.45, 2.75) is 56.5 Å². The maximum absolute atomic E-state index is 4.68. The van der Waals surface area contributed by atoms with Crippen molar-refractivity contribution in [3.05, 3.63) is 0 Å². The summed E-state index contributed by atoms with van der Waals surface area (Å²) >= 11 is 0. The van der Waals surface area contributed by atoms with Gasteiger partial charge in [0.2, 0.25) is 0 Å². The van der Waals surface area contributed by atoms with Crippen molar-refractivity contribution in [1.29, 1.82) is 0 Å². The van der Waals surface area contributed by atoms with Gasteiger partial charge in [0.15, 0.2) is 9.76 Å². The normalized spacial score (nSPS) is 5.45. The fraction of sp³-hybridized carbons (Fsp3) is 1.00. The quantitative estimate of drug-likeness (QED) is 0.564. The first-order valence-corrected chi connectivity index (χ1v) is 4.81. The van der Waals surface area contributed by atoms with E-state index >= 15 is 0 Å². The topological polar surface area (TPSA) is 9.23 Å². The first-order valence-electron chi connectivity index (χ1n) is 2.82. The molecule has 11 heavy (non-hydrogen) atoms. The molecule has 0 aromatic heterocycles. The molecule has 0 rings (SSSR count). The van der Waals surface area contributed by atoms with Crippen LogP contribution in [0.25, 0.3) is 0 Å². The van der Waals surface area contributed by atoms with Crippen LogP contribution in [0, 0.1) is 0 Å². The molecule has 0 aromatic carbocycles. The molecule has 1 nitrogen and oxygen atoms in total. The van der Waals surface area contributed by atoms with Gasteiger partial charge in [-0.2, -0.15) is 0 Å². The second-order valence-corrected chi connectivity index (χ2v) is 2.44. The van der Waals surface area contributed by atoms with E-state index in [2.05, 4.69) is 24.8 Å². The van der Waals surface area contributed by atoms with E-state index in [-0.39, 0.29) is 39.5 Å². The largest absolute Gasteiger partial charge is 0.427 e. The average molecular weight is 184 g/mol. The SMILES string of the molecule is C.C.C.C.CCC.CO[SiH2]C. The minimum absolute atomic E-state index is 0. The third kappa shape index (κ3) is 491. The Kier molecular flexibility index (Phi) is 333. The van der Waals surface area contributed by atoms with E-state index in [4.69, 9.17) is 0 Å². The van der Waals surface area contributed by atoms with E-state index in [0.717, 1.165) is 0 Å². The first-order chi connectivity index (χ1) is 3.33. The van der Waals surface area contributed by atoms with Crippen LogP contribution in [0.1, 0.15) is 50.0 Å². The van der Waals surface area contributed by atoms with Crippen molar-refractivity contribution in [2.24, 2.45) is 0 Å². The lowest BCUT2D eigenvalue weighted by molar-refractivity contribution is 0.446. The summed E-state index contributed by atoms with van der Waals surface area (Å²) in [4.78, 5) is 0. The van der Waals surface area contributed by atoms with E-state index in [0.29, 0.717) is 0 Å². The molecule has 0 saturated heterocycles. The molecule has 2 heteroatoms. The van der Waals surface area contributed by atoms with Gasteiger partial charge in [-0.25, -0.2) is 0 Å². The van der Waals surface area contributed by atoms with Crippen molar-refractivity contribution in [2.75, 3.05) is 7.11 Å². The highest BCUT2D eigenvalue weighted by atomic mass is 28.2. The molecule has 78 valence electrons. The molecule has 0 saturated carbocycles. The summed E-state index contributed by atoms with van der Waals surface area (Å²) in [5, 5.41) is 0. The summed E-state index contributed by atoms with van der Waals surface area (Å²) in [7, 11) is 1.67. The molecule has 0 amide bonds. The Labute approximate surface area is 78.5 Å². The number of rotatable bonds is 1. The van der Waals surface area contributed by atoms with Gasteiger partial charge in [-0.3, -0.25) is 0 Å². The first kappa shape index (κ1) is 43.2. The van der Waals surface area contributed by atoms with E-state index < -0.39 is 0 Å². The molecule has 0 aliphatic carbocycles. The Hall–Kier alpha value is 0.177. The highest BCUT2D eigenvalue weighted by Crippen LogP contribution is 1.56. The van der Waals surface area contributed by atoms with Gasteiger partial charge < -0.3 is 4.43 Å².